The molecule has 0 unspecified atom stereocenters. The molecule has 1 saturated carbocycles. The van der Waals surface area contributed by atoms with Crippen molar-refractivity contribution in [3.8, 4) is 11.5 Å². The summed E-state index contributed by atoms with van der Waals surface area (Å²) in [6, 6.07) is 11.9. The van der Waals surface area contributed by atoms with E-state index in [9.17, 15) is 18.0 Å². The van der Waals surface area contributed by atoms with Gasteiger partial charge in [-0.05, 0) is 48.7 Å². The van der Waals surface area contributed by atoms with Crippen molar-refractivity contribution in [1.82, 2.24) is 9.80 Å². The molecule has 10 heteroatoms. The largest absolute Gasteiger partial charge is 0.573 e. The van der Waals surface area contributed by atoms with Crippen LogP contribution >= 0.6 is 15.9 Å². The second-order valence-electron chi connectivity index (χ2n) is 9.92. The summed E-state index contributed by atoms with van der Waals surface area (Å²) in [4.78, 5) is 19.7. The number of amides is 1. The standard InChI is InChI=1S/C28H35BrF3N3O3/c1-37-23-11-12-24(29)22(19-23)20-34-15-13-33(14-16-34)17-18-35(27(36)21-7-3-2-4-8-21)25-9-5-6-10-26(25)38-28(30,31)32/h5-6,9-12,19,21H,2-4,7-8,13-18,20H2,1H3. The summed E-state index contributed by atoms with van der Waals surface area (Å²) in [7, 11) is 1.65. The normalized spacial score (nSPS) is 17.8. The molecule has 0 bridgehead atoms. The lowest BCUT2D eigenvalue weighted by atomic mass is 9.88. The van der Waals surface area contributed by atoms with E-state index in [0.29, 0.717) is 13.1 Å². The molecule has 2 aromatic rings. The molecule has 1 aliphatic heterocycles. The Morgan fingerprint density at radius 2 is 1.71 bits per heavy atom. The van der Waals surface area contributed by atoms with E-state index in [1.54, 1.807) is 19.2 Å². The van der Waals surface area contributed by atoms with Crippen molar-refractivity contribution in [3.05, 3.63) is 52.5 Å². The molecule has 6 nitrogen and oxygen atoms in total. The number of alkyl halides is 3. The van der Waals surface area contributed by atoms with Gasteiger partial charge in [0.05, 0.1) is 12.8 Å². The Bertz CT molecular complexity index is 1070. The molecule has 1 saturated heterocycles. The van der Waals surface area contributed by atoms with Crippen LogP contribution in [0.3, 0.4) is 0 Å². The molecule has 1 amide bonds. The second kappa shape index (κ2) is 13.2. The Morgan fingerprint density at radius 3 is 2.39 bits per heavy atom. The quantitative estimate of drug-likeness (QED) is 0.350. The minimum absolute atomic E-state index is 0.107. The van der Waals surface area contributed by atoms with Crippen LogP contribution < -0.4 is 14.4 Å². The number of carbonyl (C=O) groups excluding carboxylic acids is 1. The number of rotatable bonds is 9. The van der Waals surface area contributed by atoms with Crippen molar-refractivity contribution in [1.29, 1.82) is 0 Å². The summed E-state index contributed by atoms with van der Waals surface area (Å²) in [5.41, 5.74) is 1.34. The minimum Gasteiger partial charge on any atom is -0.497 e. The molecule has 1 aliphatic carbocycles. The van der Waals surface area contributed by atoms with Gasteiger partial charge in [-0.25, -0.2) is 0 Å². The van der Waals surface area contributed by atoms with Crippen molar-refractivity contribution < 1.29 is 27.4 Å². The summed E-state index contributed by atoms with van der Waals surface area (Å²) < 4.78 is 50.1. The highest BCUT2D eigenvalue weighted by Gasteiger charge is 2.35. The van der Waals surface area contributed by atoms with E-state index in [-0.39, 0.29) is 23.3 Å². The maximum Gasteiger partial charge on any atom is 0.573 e. The molecule has 208 valence electrons. The van der Waals surface area contributed by atoms with Gasteiger partial charge in [0.1, 0.15) is 5.75 Å². The SMILES string of the molecule is COc1ccc(Br)c(CN2CCN(CCN(C(=O)C3CCCCC3)c3ccccc3OC(F)(F)F)CC2)c1. The van der Waals surface area contributed by atoms with E-state index in [0.717, 1.165) is 80.6 Å². The maximum atomic E-state index is 13.6. The summed E-state index contributed by atoms with van der Waals surface area (Å²) in [5.74, 6) is 0.211. The highest BCUT2D eigenvalue weighted by Crippen LogP contribution is 2.35. The third-order valence-electron chi connectivity index (χ3n) is 7.35. The van der Waals surface area contributed by atoms with Crippen LogP contribution in [0.5, 0.6) is 11.5 Å². The fraction of sp³-hybridized carbons (Fsp3) is 0.536. The lowest BCUT2D eigenvalue weighted by molar-refractivity contribution is -0.274. The molecule has 4 rings (SSSR count). The second-order valence-corrected chi connectivity index (χ2v) is 10.8. The van der Waals surface area contributed by atoms with E-state index in [2.05, 4.69) is 30.5 Å². The molecular weight excluding hydrogens is 563 g/mol. The van der Waals surface area contributed by atoms with Gasteiger partial charge in [-0.1, -0.05) is 47.3 Å². The first kappa shape index (κ1) is 28.7. The fourth-order valence-corrected chi connectivity index (χ4v) is 5.64. The minimum atomic E-state index is -4.83. The van der Waals surface area contributed by atoms with E-state index in [1.807, 2.05) is 18.2 Å². The van der Waals surface area contributed by atoms with Gasteiger partial charge in [0.25, 0.3) is 0 Å². The van der Waals surface area contributed by atoms with Crippen molar-refractivity contribution in [2.75, 3.05) is 51.3 Å². The van der Waals surface area contributed by atoms with Gasteiger partial charge in [-0.15, -0.1) is 13.2 Å². The van der Waals surface area contributed by atoms with Gasteiger partial charge in [-0.3, -0.25) is 14.6 Å². The molecule has 2 fully saturated rings. The molecule has 0 radical (unpaired) electrons. The molecule has 1 heterocycles. The molecule has 0 atom stereocenters. The zero-order chi connectivity index (χ0) is 27.1. The Balaban J connectivity index is 1.41. The molecule has 0 N–H and O–H groups in total. The van der Waals surface area contributed by atoms with Gasteiger partial charge in [0, 0.05) is 56.2 Å². The molecular formula is C28H35BrF3N3O3. The zero-order valence-corrected chi connectivity index (χ0v) is 23.3. The van der Waals surface area contributed by atoms with E-state index < -0.39 is 6.36 Å². The summed E-state index contributed by atoms with van der Waals surface area (Å²) in [5, 5.41) is 0. The average molecular weight is 599 g/mol. The van der Waals surface area contributed by atoms with E-state index >= 15 is 0 Å². The Morgan fingerprint density at radius 1 is 1.03 bits per heavy atom. The molecule has 38 heavy (non-hydrogen) atoms. The van der Waals surface area contributed by atoms with Crippen LogP contribution in [0.15, 0.2) is 46.9 Å². The van der Waals surface area contributed by atoms with Crippen LogP contribution in [-0.4, -0.2) is 68.4 Å². The molecule has 2 aromatic carbocycles. The monoisotopic (exact) mass is 597 g/mol. The molecule has 0 aromatic heterocycles. The first-order valence-corrected chi connectivity index (χ1v) is 14.0. The van der Waals surface area contributed by atoms with Gasteiger partial charge >= 0.3 is 6.36 Å². The zero-order valence-electron chi connectivity index (χ0n) is 21.7. The van der Waals surface area contributed by atoms with Crippen LogP contribution in [0.25, 0.3) is 0 Å². The summed E-state index contributed by atoms with van der Waals surface area (Å²) >= 11 is 3.62. The molecule has 0 spiro atoms. The first-order chi connectivity index (χ1) is 18.2. The van der Waals surface area contributed by atoms with Crippen molar-refractivity contribution >= 4 is 27.5 Å². The van der Waals surface area contributed by atoms with Gasteiger partial charge in [0.15, 0.2) is 5.75 Å². The summed E-state index contributed by atoms with van der Waals surface area (Å²) in [6.07, 6.45) is -0.253. The number of methoxy groups -OCH3 is 1. The third kappa shape index (κ3) is 7.86. The van der Waals surface area contributed by atoms with Crippen LogP contribution in [-0.2, 0) is 11.3 Å². The Hall–Kier alpha value is -2.30. The lowest BCUT2D eigenvalue weighted by Gasteiger charge is -2.37. The number of para-hydroxylation sites is 2. The average Bonchev–Trinajstić information content (AvgIpc) is 2.91. The topological polar surface area (TPSA) is 45.2 Å². The number of hydrogen-bond donors (Lipinski definition) is 0. The fourth-order valence-electron chi connectivity index (χ4n) is 5.26. The highest BCUT2D eigenvalue weighted by atomic mass is 79.9. The number of anilines is 1. The van der Waals surface area contributed by atoms with Crippen LogP contribution in [0, 0.1) is 5.92 Å². The van der Waals surface area contributed by atoms with Crippen molar-refractivity contribution in [2.24, 2.45) is 5.92 Å². The number of ether oxygens (including phenoxy) is 2. The van der Waals surface area contributed by atoms with Crippen molar-refractivity contribution in [3.63, 3.8) is 0 Å². The van der Waals surface area contributed by atoms with Crippen LogP contribution in [0.2, 0.25) is 0 Å². The van der Waals surface area contributed by atoms with Gasteiger partial charge in [0.2, 0.25) is 5.91 Å². The predicted molar refractivity (Wildman–Crippen MR) is 144 cm³/mol. The number of carbonyl (C=O) groups is 1. The maximum absolute atomic E-state index is 13.6. The number of halogens is 4. The van der Waals surface area contributed by atoms with Crippen LogP contribution in [0.1, 0.15) is 37.7 Å². The Kier molecular flexibility index (Phi) is 9.95. The Labute approximate surface area is 230 Å². The van der Waals surface area contributed by atoms with Crippen molar-refractivity contribution in [2.45, 2.75) is 45.0 Å². The first-order valence-electron chi connectivity index (χ1n) is 13.2. The smallest absolute Gasteiger partial charge is 0.497 e. The lowest BCUT2D eigenvalue weighted by Crippen LogP contribution is -2.49. The number of benzene rings is 2. The molecule has 2 aliphatic rings. The number of piperazine rings is 1. The highest BCUT2D eigenvalue weighted by molar-refractivity contribution is 9.10. The summed E-state index contributed by atoms with van der Waals surface area (Å²) in [6.45, 7) is 5.02. The number of hydrogen-bond acceptors (Lipinski definition) is 5. The van der Waals surface area contributed by atoms with E-state index in [1.165, 1.54) is 17.0 Å². The van der Waals surface area contributed by atoms with E-state index in [4.69, 9.17) is 4.74 Å². The predicted octanol–water partition coefficient (Wildman–Crippen LogP) is 6.09. The van der Waals surface area contributed by atoms with Gasteiger partial charge < -0.3 is 14.4 Å². The third-order valence-corrected chi connectivity index (χ3v) is 8.13. The van der Waals surface area contributed by atoms with Gasteiger partial charge in [-0.2, -0.15) is 0 Å². The number of nitrogens with zero attached hydrogens (tertiary/aromatic N) is 3. The van der Waals surface area contributed by atoms with Crippen LogP contribution in [0.4, 0.5) is 18.9 Å².